The van der Waals surface area contributed by atoms with Crippen molar-refractivity contribution >= 4 is 38.9 Å². The predicted molar refractivity (Wildman–Crippen MR) is 161 cm³/mol. The lowest BCUT2D eigenvalue weighted by Gasteiger charge is -2.25. The summed E-state index contributed by atoms with van der Waals surface area (Å²) in [6, 6.07) is 51.1. The van der Waals surface area contributed by atoms with Crippen LogP contribution in [0.3, 0.4) is 0 Å². The molecule has 0 aliphatic carbocycles. The zero-order valence-corrected chi connectivity index (χ0v) is 21.2. The molecule has 3 heteroatoms. The second kappa shape index (κ2) is 8.64. The average molecular weight is 501 g/mol. The predicted octanol–water partition coefficient (Wildman–Crippen LogP) is 10.0. The standard InChI is InChI=1S/C36H24N2O/c1-3-11-26(12-4-1)37(27-13-5-2-6-14-27)28-21-19-25(20-22-28)29-23-24-34-36-35(29)30-15-7-8-16-31(30)38(36)32-17-9-10-18-33(32)39-34/h1-24H. The molecule has 0 saturated heterocycles. The van der Waals surface area contributed by atoms with Gasteiger partial charge in [0.1, 0.15) is 0 Å². The smallest absolute Gasteiger partial charge is 0.152 e. The molecular weight excluding hydrogens is 476 g/mol. The first-order chi connectivity index (χ1) is 19.4. The van der Waals surface area contributed by atoms with Crippen LogP contribution in [0.5, 0.6) is 11.5 Å². The third kappa shape index (κ3) is 3.37. The van der Waals surface area contributed by atoms with Crippen LogP contribution < -0.4 is 9.64 Å². The molecule has 2 heterocycles. The van der Waals surface area contributed by atoms with Crippen LogP contribution in [-0.2, 0) is 0 Å². The van der Waals surface area contributed by atoms with E-state index in [0.29, 0.717) is 0 Å². The van der Waals surface area contributed by atoms with Crippen LogP contribution in [-0.4, -0.2) is 4.57 Å². The molecule has 0 atom stereocenters. The molecule has 0 saturated carbocycles. The molecule has 1 aliphatic heterocycles. The Bertz CT molecular complexity index is 1930. The average Bonchev–Trinajstić information content (AvgIpc) is 3.36. The van der Waals surface area contributed by atoms with Crippen molar-refractivity contribution < 1.29 is 4.74 Å². The van der Waals surface area contributed by atoms with E-state index in [1.54, 1.807) is 0 Å². The third-order valence-electron chi connectivity index (χ3n) is 7.57. The lowest BCUT2D eigenvalue weighted by Crippen LogP contribution is -2.09. The highest BCUT2D eigenvalue weighted by Gasteiger charge is 2.25. The van der Waals surface area contributed by atoms with Crippen LogP contribution >= 0.6 is 0 Å². The highest BCUT2D eigenvalue weighted by Crippen LogP contribution is 2.48. The topological polar surface area (TPSA) is 17.4 Å². The Hall–Kier alpha value is -5.28. The molecule has 3 nitrogen and oxygen atoms in total. The molecule has 0 unspecified atom stereocenters. The van der Waals surface area contributed by atoms with Gasteiger partial charge in [-0.05, 0) is 77.9 Å². The molecule has 0 bridgehead atoms. The molecule has 1 aromatic heterocycles. The largest absolute Gasteiger partial charge is 0.453 e. The van der Waals surface area contributed by atoms with Gasteiger partial charge >= 0.3 is 0 Å². The van der Waals surface area contributed by atoms with Crippen molar-refractivity contribution in [3.8, 4) is 28.3 Å². The molecule has 0 N–H and O–H groups in total. The first-order valence-electron chi connectivity index (χ1n) is 13.2. The van der Waals surface area contributed by atoms with Crippen molar-refractivity contribution in [1.82, 2.24) is 4.57 Å². The number of rotatable bonds is 4. The summed E-state index contributed by atoms with van der Waals surface area (Å²) < 4.78 is 8.74. The second-order valence-electron chi connectivity index (χ2n) is 9.81. The number of ether oxygens (including phenoxy) is 1. The Labute approximate surface area is 226 Å². The minimum Gasteiger partial charge on any atom is -0.453 e. The number of anilines is 3. The van der Waals surface area contributed by atoms with Gasteiger partial charge in [-0.2, -0.15) is 0 Å². The zero-order valence-electron chi connectivity index (χ0n) is 21.2. The number of hydrogen-bond acceptors (Lipinski definition) is 2. The van der Waals surface area contributed by atoms with Gasteiger partial charge in [0.25, 0.3) is 0 Å². The van der Waals surface area contributed by atoms with E-state index in [1.807, 2.05) is 12.1 Å². The minimum atomic E-state index is 0.881. The Morgan fingerprint density at radius 2 is 1.10 bits per heavy atom. The van der Waals surface area contributed by atoms with Crippen molar-refractivity contribution in [2.24, 2.45) is 0 Å². The van der Waals surface area contributed by atoms with Crippen LogP contribution in [0.25, 0.3) is 38.6 Å². The fourth-order valence-electron chi connectivity index (χ4n) is 5.88. The Kier molecular flexibility index (Phi) is 4.82. The number of aromatic nitrogens is 1. The molecule has 0 fully saturated rings. The Morgan fingerprint density at radius 3 is 1.85 bits per heavy atom. The highest BCUT2D eigenvalue weighted by atomic mass is 16.5. The zero-order chi connectivity index (χ0) is 25.8. The van der Waals surface area contributed by atoms with Crippen molar-refractivity contribution in [3.05, 3.63) is 146 Å². The molecule has 7 aromatic rings. The molecule has 0 amide bonds. The first-order valence-corrected chi connectivity index (χ1v) is 13.2. The Balaban J connectivity index is 1.31. The third-order valence-corrected chi connectivity index (χ3v) is 7.57. The summed E-state index contributed by atoms with van der Waals surface area (Å²) in [6.45, 7) is 0. The van der Waals surface area contributed by atoms with Crippen LogP contribution in [0, 0.1) is 0 Å². The van der Waals surface area contributed by atoms with E-state index in [0.717, 1.165) is 39.8 Å². The van der Waals surface area contributed by atoms with Gasteiger partial charge in [0, 0.05) is 27.8 Å². The van der Waals surface area contributed by atoms with E-state index in [4.69, 9.17) is 4.74 Å². The molecule has 0 radical (unpaired) electrons. The van der Waals surface area contributed by atoms with Gasteiger partial charge in [-0.1, -0.05) is 78.9 Å². The summed E-state index contributed by atoms with van der Waals surface area (Å²) in [5, 5.41) is 2.44. The van der Waals surface area contributed by atoms with E-state index in [2.05, 4.69) is 143 Å². The first kappa shape index (κ1) is 21.8. The summed E-state index contributed by atoms with van der Waals surface area (Å²) in [7, 11) is 0. The molecule has 6 aromatic carbocycles. The number of fused-ring (bicyclic) bond motifs is 5. The summed E-state index contributed by atoms with van der Waals surface area (Å²) in [4.78, 5) is 2.29. The SMILES string of the molecule is c1ccc(N(c2ccccc2)c2ccc(-c3ccc4c5c3c3ccccc3n5-c3ccccc3O4)cc2)cc1. The maximum absolute atomic E-state index is 6.39. The minimum absolute atomic E-state index is 0.881. The van der Waals surface area contributed by atoms with Crippen molar-refractivity contribution in [3.63, 3.8) is 0 Å². The van der Waals surface area contributed by atoms with Crippen LogP contribution in [0.4, 0.5) is 17.1 Å². The number of hydrogen-bond donors (Lipinski definition) is 0. The van der Waals surface area contributed by atoms with Gasteiger partial charge in [-0.3, -0.25) is 0 Å². The summed E-state index contributed by atoms with van der Waals surface area (Å²) >= 11 is 0. The van der Waals surface area contributed by atoms with E-state index in [-0.39, 0.29) is 0 Å². The molecule has 39 heavy (non-hydrogen) atoms. The van der Waals surface area contributed by atoms with Gasteiger partial charge in [0.05, 0.1) is 16.7 Å². The summed E-state index contributed by atoms with van der Waals surface area (Å²) in [5.41, 5.74) is 9.13. The van der Waals surface area contributed by atoms with Crippen molar-refractivity contribution in [2.45, 2.75) is 0 Å². The lowest BCUT2D eigenvalue weighted by molar-refractivity contribution is 0.476. The van der Waals surface area contributed by atoms with Crippen molar-refractivity contribution in [2.75, 3.05) is 4.90 Å². The van der Waals surface area contributed by atoms with E-state index in [1.165, 1.54) is 27.4 Å². The fourth-order valence-corrected chi connectivity index (χ4v) is 5.88. The monoisotopic (exact) mass is 500 g/mol. The quantitative estimate of drug-likeness (QED) is 0.239. The molecule has 8 rings (SSSR count). The van der Waals surface area contributed by atoms with Crippen LogP contribution in [0.15, 0.2) is 146 Å². The van der Waals surface area contributed by atoms with Gasteiger partial charge in [-0.15, -0.1) is 0 Å². The number of para-hydroxylation sites is 5. The lowest BCUT2D eigenvalue weighted by atomic mass is 9.98. The van der Waals surface area contributed by atoms with E-state index in [9.17, 15) is 0 Å². The summed E-state index contributed by atoms with van der Waals surface area (Å²) in [6.07, 6.45) is 0. The van der Waals surface area contributed by atoms with Crippen LogP contribution in [0.2, 0.25) is 0 Å². The normalized spacial score (nSPS) is 11.8. The highest BCUT2D eigenvalue weighted by molar-refractivity contribution is 6.18. The van der Waals surface area contributed by atoms with Crippen LogP contribution in [0.1, 0.15) is 0 Å². The second-order valence-corrected chi connectivity index (χ2v) is 9.81. The Morgan fingerprint density at radius 1 is 0.487 bits per heavy atom. The molecule has 0 spiro atoms. The van der Waals surface area contributed by atoms with Gasteiger partial charge < -0.3 is 14.2 Å². The number of benzene rings is 6. The van der Waals surface area contributed by atoms with E-state index >= 15 is 0 Å². The summed E-state index contributed by atoms with van der Waals surface area (Å²) in [5.74, 6) is 1.77. The fraction of sp³-hybridized carbons (Fsp3) is 0. The van der Waals surface area contributed by atoms with Gasteiger partial charge in [0.15, 0.2) is 11.5 Å². The maximum atomic E-state index is 6.39. The maximum Gasteiger partial charge on any atom is 0.152 e. The number of nitrogens with zero attached hydrogens (tertiary/aromatic N) is 2. The van der Waals surface area contributed by atoms with Gasteiger partial charge in [-0.25, -0.2) is 0 Å². The van der Waals surface area contributed by atoms with Crippen molar-refractivity contribution in [1.29, 1.82) is 0 Å². The molecule has 1 aliphatic rings. The molecular formula is C36H24N2O. The molecule has 184 valence electrons. The van der Waals surface area contributed by atoms with Gasteiger partial charge in [0.2, 0.25) is 0 Å². The van der Waals surface area contributed by atoms with E-state index < -0.39 is 0 Å².